The van der Waals surface area contributed by atoms with Gasteiger partial charge in [-0.1, -0.05) is 35.1 Å². The number of carbonyl (C=O) groups is 2. The van der Waals surface area contributed by atoms with E-state index in [1.165, 1.54) is 24.2 Å². The number of benzene rings is 2. The molecule has 2 aromatic carbocycles. The number of nitrogens with one attached hydrogen (secondary N) is 3. The fourth-order valence-electron chi connectivity index (χ4n) is 3.93. The van der Waals surface area contributed by atoms with E-state index in [-0.39, 0.29) is 11.9 Å². The minimum atomic E-state index is -0.267. The molecule has 0 bridgehead atoms. The molecule has 1 fully saturated rings. The van der Waals surface area contributed by atoms with Crippen LogP contribution in [0.25, 0.3) is 10.2 Å². The van der Waals surface area contributed by atoms with Crippen molar-refractivity contribution in [1.82, 2.24) is 15.2 Å². The van der Waals surface area contributed by atoms with Crippen LogP contribution in [0, 0.1) is 6.92 Å². The van der Waals surface area contributed by atoms with Crippen LogP contribution in [0.15, 0.2) is 36.4 Å². The van der Waals surface area contributed by atoms with Gasteiger partial charge in [0.2, 0.25) is 0 Å². The smallest absolute Gasteiger partial charge is 0.321 e. The van der Waals surface area contributed by atoms with E-state index in [1.807, 2.05) is 19.1 Å². The highest BCUT2D eigenvalue weighted by atomic mass is 35.5. The Hall–Kier alpha value is -2.68. The van der Waals surface area contributed by atoms with Gasteiger partial charge in [0.25, 0.3) is 5.91 Å². The summed E-state index contributed by atoms with van der Waals surface area (Å²) in [4.78, 5) is 31.8. The zero-order valence-electron chi connectivity index (χ0n) is 18.1. The molecule has 9 heteroatoms. The van der Waals surface area contributed by atoms with Crippen molar-refractivity contribution in [3.05, 3.63) is 52.5 Å². The third kappa shape index (κ3) is 5.20. The van der Waals surface area contributed by atoms with Gasteiger partial charge in [-0.05, 0) is 69.6 Å². The molecule has 2 heterocycles. The summed E-state index contributed by atoms with van der Waals surface area (Å²) in [7, 11) is 2.13. The summed E-state index contributed by atoms with van der Waals surface area (Å²) in [5.74, 6) is -0.249. The number of likely N-dealkylation sites (tertiary alicyclic amines) is 1. The number of rotatable bonds is 6. The van der Waals surface area contributed by atoms with Crippen molar-refractivity contribution in [3.8, 4) is 0 Å². The summed E-state index contributed by atoms with van der Waals surface area (Å²) >= 11 is 7.55. The molecule has 0 saturated carbocycles. The lowest BCUT2D eigenvalue weighted by atomic mass is 10.1. The number of hydrogen-bond acceptors (Lipinski definition) is 5. The molecule has 1 atom stereocenters. The third-order valence-corrected chi connectivity index (χ3v) is 7.01. The largest absolute Gasteiger partial charge is 0.338 e. The Kier molecular flexibility index (Phi) is 6.93. The average molecular weight is 472 g/mol. The monoisotopic (exact) mass is 471 g/mol. The number of hydrogen-bond donors (Lipinski definition) is 3. The Balaban J connectivity index is 1.37. The first-order chi connectivity index (χ1) is 15.4. The molecule has 3 aromatic rings. The molecule has 1 unspecified atom stereocenters. The van der Waals surface area contributed by atoms with Crippen LogP contribution in [0.3, 0.4) is 0 Å². The van der Waals surface area contributed by atoms with Gasteiger partial charge in [-0.15, -0.1) is 0 Å². The molecule has 3 amide bonds. The van der Waals surface area contributed by atoms with Gasteiger partial charge in [0.15, 0.2) is 5.13 Å². The Morgan fingerprint density at radius 3 is 2.84 bits per heavy atom. The molecule has 1 aliphatic rings. The van der Waals surface area contributed by atoms with Crippen molar-refractivity contribution in [2.45, 2.75) is 32.2 Å². The lowest BCUT2D eigenvalue weighted by Crippen LogP contribution is -2.34. The highest BCUT2D eigenvalue weighted by Crippen LogP contribution is 2.29. The van der Waals surface area contributed by atoms with Crippen molar-refractivity contribution in [1.29, 1.82) is 0 Å². The maximum Gasteiger partial charge on any atom is 0.321 e. The number of nitrogens with zero attached hydrogens (tertiary/aromatic N) is 2. The molecule has 1 saturated heterocycles. The van der Waals surface area contributed by atoms with Crippen LogP contribution in [0.4, 0.5) is 15.6 Å². The molecule has 0 spiro atoms. The number of amides is 3. The topological polar surface area (TPSA) is 86.4 Å². The standard InChI is InChI=1S/C23H26ClN5O2S/c1-14-5-3-7-17(24)20(14)27-21(30)15-8-9-18-19(13-15)32-23(26-18)28-22(31)25-11-10-16-6-4-12-29(16)2/h3,5,7-9,13,16H,4,6,10-12H2,1-2H3,(H,27,30)(H2,25,26,28,31). The van der Waals surface area contributed by atoms with E-state index in [0.717, 1.165) is 28.7 Å². The van der Waals surface area contributed by atoms with Crippen LogP contribution in [-0.2, 0) is 0 Å². The quantitative estimate of drug-likeness (QED) is 0.466. The minimum absolute atomic E-state index is 0.249. The summed E-state index contributed by atoms with van der Waals surface area (Å²) in [5.41, 5.74) is 2.72. The van der Waals surface area contributed by atoms with Crippen LogP contribution in [-0.4, -0.2) is 48.0 Å². The Labute approximate surface area is 196 Å². The van der Waals surface area contributed by atoms with Gasteiger partial charge in [0, 0.05) is 18.2 Å². The van der Waals surface area contributed by atoms with Gasteiger partial charge >= 0.3 is 6.03 Å². The van der Waals surface area contributed by atoms with Crippen LogP contribution in [0.1, 0.15) is 35.2 Å². The van der Waals surface area contributed by atoms with Gasteiger partial charge in [-0.3, -0.25) is 10.1 Å². The van der Waals surface area contributed by atoms with Gasteiger partial charge in [0.1, 0.15) is 0 Å². The Morgan fingerprint density at radius 2 is 2.09 bits per heavy atom. The first kappa shape index (κ1) is 22.5. The minimum Gasteiger partial charge on any atom is -0.338 e. The van der Waals surface area contributed by atoms with E-state index in [9.17, 15) is 9.59 Å². The number of urea groups is 1. The van der Waals surface area contributed by atoms with Gasteiger partial charge < -0.3 is 15.5 Å². The normalized spacial score (nSPS) is 16.3. The fraction of sp³-hybridized carbons (Fsp3) is 0.348. The Bertz CT molecular complexity index is 1130. The molecular formula is C23H26ClN5O2S. The van der Waals surface area contributed by atoms with Crippen LogP contribution >= 0.6 is 22.9 Å². The molecule has 1 aliphatic heterocycles. The second-order valence-electron chi connectivity index (χ2n) is 8.03. The van der Waals surface area contributed by atoms with E-state index in [1.54, 1.807) is 24.3 Å². The maximum atomic E-state index is 12.7. The molecule has 4 rings (SSSR count). The zero-order chi connectivity index (χ0) is 22.7. The number of aromatic nitrogens is 1. The van der Waals surface area contributed by atoms with E-state index in [2.05, 4.69) is 32.9 Å². The average Bonchev–Trinajstić information content (AvgIpc) is 3.35. The summed E-state index contributed by atoms with van der Waals surface area (Å²) in [6.45, 7) is 3.64. The number of aryl methyl sites for hydroxylation is 1. The zero-order valence-corrected chi connectivity index (χ0v) is 19.6. The third-order valence-electron chi connectivity index (χ3n) is 5.77. The van der Waals surface area contributed by atoms with Crippen molar-refractivity contribution >= 4 is 55.9 Å². The molecule has 0 radical (unpaired) electrons. The SMILES string of the molecule is Cc1cccc(Cl)c1NC(=O)c1ccc2nc(NC(=O)NCCC3CCCN3C)sc2c1. The van der Waals surface area contributed by atoms with E-state index in [0.29, 0.717) is 34.0 Å². The number of thiazole rings is 1. The van der Waals surface area contributed by atoms with Crippen LogP contribution < -0.4 is 16.0 Å². The summed E-state index contributed by atoms with van der Waals surface area (Å²) in [6.07, 6.45) is 3.34. The van der Waals surface area contributed by atoms with Gasteiger partial charge in [-0.25, -0.2) is 9.78 Å². The van der Waals surface area contributed by atoms with Crippen LogP contribution in [0.2, 0.25) is 5.02 Å². The first-order valence-electron chi connectivity index (χ1n) is 10.6. The molecule has 0 aliphatic carbocycles. The lowest BCUT2D eigenvalue weighted by Gasteiger charge is -2.19. The number of halogens is 1. The second-order valence-corrected chi connectivity index (χ2v) is 9.47. The maximum absolute atomic E-state index is 12.7. The van der Waals surface area contributed by atoms with Crippen molar-refractivity contribution < 1.29 is 9.59 Å². The van der Waals surface area contributed by atoms with Crippen molar-refractivity contribution in [3.63, 3.8) is 0 Å². The highest BCUT2D eigenvalue weighted by molar-refractivity contribution is 7.22. The fourth-order valence-corrected chi connectivity index (χ4v) is 5.10. The molecule has 32 heavy (non-hydrogen) atoms. The number of para-hydroxylation sites is 1. The highest BCUT2D eigenvalue weighted by Gasteiger charge is 2.20. The van der Waals surface area contributed by atoms with Crippen molar-refractivity contribution in [2.75, 3.05) is 30.8 Å². The second kappa shape index (κ2) is 9.85. The van der Waals surface area contributed by atoms with Gasteiger partial charge in [-0.2, -0.15) is 0 Å². The number of carbonyl (C=O) groups excluding carboxylic acids is 2. The summed E-state index contributed by atoms with van der Waals surface area (Å²) in [5, 5.41) is 9.57. The Morgan fingerprint density at radius 1 is 1.25 bits per heavy atom. The van der Waals surface area contributed by atoms with E-state index < -0.39 is 0 Å². The van der Waals surface area contributed by atoms with Crippen LogP contribution in [0.5, 0.6) is 0 Å². The molecule has 168 valence electrons. The van der Waals surface area contributed by atoms with E-state index >= 15 is 0 Å². The summed E-state index contributed by atoms with van der Waals surface area (Å²) in [6, 6.07) is 11.0. The number of anilines is 2. The lowest BCUT2D eigenvalue weighted by molar-refractivity contribution is 0.102. The molecule has 1 aromatic heterocycles. The molecular weight excluding hydrogens is 446 g/mol. The first-order valence-corrected chi connectivity index (χ1v) is 11.8. The van der Waals surface area contributed by atoms with Gasteiger partial charge in [0.05, 0.1) is 20.9 Å². The van der Waals surface area contributed by atoms with Crippen molar-refractivity contribution in [2.24, 2.45) is 0 Å². The predicted octanol–water partition coefficient (Wildman–Crippen LogP) is 5.12. The van der Waals surface area contributed by atoms with E-state index in [4.69, 9.17) is 11.6 Å². The molecule has 3 N–H and O–H groups in total. The molecule has 7 nitrogen and oxygen atoms in total. The number of fused-ring (bicyclic) bond motifs is 1. The summed E-state index contributed by atoms with van der Waals surface area (Å²) < 4.78 is 0.816. The predicted molar refractivity (Wildman–Crippen MR) is 131 cm³/mol.